The Morgan fingerprint density at radius 3 is 2.60 bits per heavy atom. The Balaban J connectivity index is 1.41. The Kier molecular flexibility index (Phi) is 1.94. The third-order valence-electron chi connectivity index (χ3n) is 5.79. The molecule has 0 aromatic rings. The predicted octanol–water partition coefficient (Wildman–Crippen LogP) is 2.81. The number of nitrogens with one attached hydrogen (secondary N) is 1. The lowest BCUT2D eigenvalue weighted by Crippen LogP contribution is -2.40. The lowest BCUT2D eigenvalue weighted by atomic mass is 9.79. The van der Waals surface area contributed by atoms with Crippen LogP contribution in [0.4, 0.5) is 0 Å². The van der Waals surface area contributed by atoms with Crippen molar-refractivity contribution in [3.63, 3.8) is 0 Å². The zero-order valence-corrected chi connectivity index (χ0v) is 9.62. The highest BCUT2D eigenvalue weighted by Crippen LogP contribution is 2.58. The van der Waals surface area contributed by atoms with Crippen molar-refractivity contribution in [3.05, 3.63) is 0 Å². The first-order valence-electron chi connectivity index (χ1n) is 7.15. The van der Waals surface area contributed by atoms with E-state index in [0.717, 1.165) is 35.6 Å². The summed E-state index contributed by atoms with van der Waals surface area (Å²) in [6.07, 6.45) is 10.8. The summed E-state index contributed by atoms with van der Waals surface area (Å²) in [6.45, 7) is 1.34. The van der Waals surface area contributed by atoms with Gasteiger partial charge in [-0.15, -0.1) is 0 Å². The monoisotopic (exact) mass is 205 g/mol. The first-order valence-corrected chi connectivity index (χ1v) is 7.15. The normalized spacial score (nSPS) is 52.4. The second-order valence-electron chi connectivity index (χ2n) is 6.61. The first-order chi connectivity index (χ1) is 7.42. The average molecular weight is 205 g/mol. The molecule has 84 valence electrons. The van der Waals surface area contributed by atoms with E-state index < -0.39 is 0 Å². The molecule has 4 aliphatic rings. The molecule has 0 unspecified atom stereocenters. The molecule has 0 amide bonds. The molecular formula is C14H23N. The van der Waals surface area contributed by atoms with Crippen LogP contribution in [0.25, 0.3) is 0 Å². The third-order valence-corrected chi connectivity index (χ3v) is 5.79. The maximum absolute atomic E-state index is 3.89. The molecule has 0 saturated heterocycles. The quantitative estimate of drug-likeness (QED) is 0.747. The van der Waals surface area contributed by atoms with Crippen LogP contribution in [0.5, 0.6) is 0 Å². The Bertz CT molecular complexity index is 258. The maximum atomic E-state index is 3.89. The van der Waals surface area contributed by atoms with E-state index in [2.05, 4.69) is 5.32 Å². The zero-order chi connectivity index (χ0) is 9.83. The maximum Gasteiger partial charge on any atom is 0.0101 e. The highest BCUT2D eigenvalue weighted by Gasteiger charge is 2.53. The molecule has 4 aliphatic carbocycles. The highest BCUT2D eigenvalue weighted by atomic mass is 15.0. The van der Waals surface area contributed by atoms with Crippen molar-refractivity contribution in [3.8, 4) is 0 Å². The van der Waals surface area contributed by atoms with Gasteiger partial charge in [0, 0.05) is 6.04 Å². The molecule has 4 fully saturated rings. The van der Waals surface area contributed by atoms with E-state index in [9.17, 15) is 0 Å². The van der Waals surface area contributed by atoms with Crippen molar-refractivity contribution >= 4 is 0 Å². The molecule has 0 aromatic carbocycles. The van der Waals surface area contributed by atoms with E-state index >= 15 is 0 Å². The minimum absolute atomic E-state index is 0.926. The van der Waals surface area contributed by atoms with Crippen molar-refractivity contribution in [2.45, 2.75) is 51.0 Å². The molecule has 5 atom stereocenters. The average Bonchev–Trinajstić information content (AvgIpc) is 2.72. The van der Waals surface area contributed by atoms with Crippen LogP contribution in [0.2, 0.25) is 0 Å². The van der Waals surface area contributed by atoms with Crippen molar-refractivity contribution < 1.29 is 0 Å². The molecule has 1 nitrogen and oxygen atoms in total. The molecule has 0 heterocycles. The van der Waals surface area contributed by atoms with Crippen LogP contribution in [-0.4, -0.2) is 12.6 Å². The summed E-state index contributed by atoms with van der Waals surface area (Å²) in [6, 6.07) is 0.926. The van der Waals surface area contributed by atoms with E-state index in [1.54, 1.807) is 19.3 Å². The van der Waals surface area contributed by atoms with Crippen LogP contribution in [0, 0.1) is 29.6 Å². The molecule has 0 spiro atoms. The number of hydrogen-bond acceptors (Lipinski definition) is 1. The first kappa shape index (κ1) is 9.04. The van der Waals surface area contributed by atoms with Gasteiger partial charge in [0.25, 0.3) is 0 Å². The Hall–Kier alpha value is -0.0400. The van der Waals surface area contributed by atoms with Gasteiger partial charge in [0.2, 0.25) is 0 Å². The second-order valence-corrected chi connectivity index (χ2v) is 6.61. The molecule has 0 aliphatic heterocycles. The van der Waals surface area contributed by atoms with E-state index in [0.29, 0.717) is 0 Å². The second kappa shape index (κ2) is 3.23. The molecule has 15 heavy (non-hydrogen) atoms. The number of hydrogen-bond donors (Lipinski definition) is 1. The third kappa shape index (κ3) is 1.39. The zero-order valence-electron chi connectivity index (χ0n) is 9.62. The Labute approximate surface area is 93.0 Å². The van der Waals surface area contributed by atoms with Crippen LogP contribution in [-0.2, 0) is 0 Å². The van der Waals surface area contributed by atoms with Crippen molar-refractivity contribution in [1.82, 2.24) is 5.32 Å². The van der Waals surface area contributed by atoms with Gasteiger partial charge in [-0.05, 0) is 74.7 Å². The Morgan fingerprint density at radius 1 is 0.867 bits per heavy atom. The number of rotatable bonds is 3. The highest BCUT2D eigenvalue weighted by molar-refractivity contribution is 5.05. The van der Waals surface area contributed by atoms with Gasteiger partial charge in [-0.25, -0.2) is 0 Å². The predicted molar refractivity (Wildman–Crippen MR) is 61.6 cm³/mol. The van der Waals surface area contributed by atoms with Crippen molar-refractivity contribution in [2.24, 2.45) is 29.6 Å². The van der Waals surface area contributed by atoms with E-state index in [-0.39, 0.29) is 0 Å². The standard InChI is InChI=1S/C14H23N/c1-2-11-10-6-13(12(11)3-1)14(7-10)15-8-9-4-5-9/h9-15H,1-8H2/t10-,11-,12+,13+,14-/m1/s1. The van der Waals surface area contributed by atoms with Gasteiger partial charge in [-0.2, -0.15) is 0 Å². The van der Waals surface area contributed by atoms with E-state index in [1.165, 1.54) is 32.2 Å². The molecule has 0 radical (unpaired) electrons. The fraction of sp³-hybridized carbons (Fsp3) is 1.00. The van der Waals surface area contributed by atoms with Crippen molar-refractivity contribution in [2.75, 3.05) is 6.54 Å². The van der Waals surface area contributed by atoms with Gasteiger partial charge < -0.3 is 5.32 Å². The Morgan fingerprint density at radius 2 is 1.73 bits per heavy atom. The van der Waals surface area contributed by atoms with Gasteiger partial charge in [0.05, 0.1) is 0 Å². The summed E-state index contributed by atoms with van der Waals surface area (Å²) in [5, 5.41) is 3.89. The summed E-state index contributed by atoms with van der Waals surface area (Å²) in [7, 11) is 0. The van der Waals surface area contributed by atoms with Crippen LogP contribution in [0.15, 0.2) is 0 Å². The molecule has 1 heteroatoms. The molecule has 1 N–H and O–H groups in total. The van der Waals surface area contributed by atoms with Crippen LogP contribution in [0.1, 0.15) is 44.9 Å². The van der Waals surface area contributed by atoms with Gasteiger partial charge in [0.1, 0.15) is 0 Å². The summed E-state index contributed by atoms with van der Waals surface area (Å²) >= 11 is 0. The fourth-order valence-corrected chi connectivity index (χ4v) is 4.94. The minimum Gasteiger partial charge on any atom is -0.313 e. The fourth-order valence-electron chi connectivity index (χ4n) is 4.94. The minimum atomic E-state index is 0.926. The van der Waals surface area contributed by atoms with Gasteiger partial charge in [-0.1, -0.05) is 6.42 Å². The van der Waals surface area contributed by atoms with Gasteiger partial charge >= 0.3 is 0 Å². The molecular weight excluding hydrogens is 182 g/mol. The largest absolute Gasteiger partial charge is 0.313 e. The van der Waals surface area contributed by atoms with Crippen molar-refractivity contribution in [1.29, 1.82) is 0 Å². The SMILES string of the molecule is C1C[C@H]2[C@H](C1)[C@@H]1C[C@@H]2[C@H](NCC2CC2)C1. The topological polar surface area (TPSA) is 12.0 Å². The van der Waals surface area contributed by atoms with Gasteiger partial charge in [-0.3, -0.25) is 0 Å². The van der Waals surface area contributed by atoms with Crippen LogP contribution >= 0.6 is 0 Å². The smallest absolute Gasteiger partial charge is 0.0101 e. The summed E-state index contributed by atoms with van der Waals surface area (Å²) in [5.74, 6) is 5.57. The lowest BCUT2D eigenvalue weighted by Gasteiger charge is -2.32. The summed E-state index contributed by atoms with van der Waals surface area (Å²) < 4.78 is 0. The van der Waals surface area contributed by atoms with E-state index in [1.807, 2.05) is 0 Å². The van der Waals surface area contributed by atoms with Crippen LogP contribution in [0.3, 0.4) is 0 Å². The van der Waals surface area contributed by atoms with Gasteiger partial charge in [0.15, 0.2) is 0 Å². The van der Waals surface area contributed by atoms with E-state index in [4.69, 9.17) is 0 Å². The molecule has 4 saturated carbocycles. The molecule has 4 rings (SSSR count). The summed E-state index contributed by atoms with van der Waals surface area (Å²) in [4.78, 5) is 0. The summed E-state index contributed by atoms with van der Waals surface area (Å²) in [5.41, 5.74) is 0. The lowest BCUT2D eigenvalue weighted by molar-refractivity contribution is 0.208. The van der Waals surface area contributed by atoms with Crippen LogP contribution < -0.4 is 5.32 Å². The number of fused-ring (bicyclic) bond motifs is 5. The molecule has 2 bridgehead atoms. The molecule has 0 aromatic heterocycles.